The van der Waals surface area contributed by atoms with E-state index < -0.39 is 5.97 Å². The number of carbonyl (C=O) groups is 1. The fourth-order valence-corrected chi connectivity index (χ4v) is 2.48. The van der Waals surface area contributed by atoms with Crippen LogP contribution in [0.15, 0.2) is 54.7 Å². The highest BCUT2D eigenvalue weighted by molar-refractivity contribution is 5.96. The van der Waals surface area contributed by atoms with Crippen molar-refractivity contribution in [2.75, 3.05) is 6.61 Å². The molecule has 2 aromatic carbocycles. The zero-order chi connectivity index (χ0) is 16.9. The zero-order valence-corrected chi connectivity index (χ0v) is 13.2. The molecule has 1 heterocycles. The third kappa shape index (κ3) is 3.36. The van der Waals surface area contributed by atoms with Crippen LogP contribution < -0.4 is 4.74 Å². The van der Waals surface area contributed by atoms with Gasteiger partial charge in [0.25, 0.3) is 0 Å². The molecule has 0 unspecified atom stereocenters. The molecule has 1 aromatic heterocycles. The van der Waals surface area contributed by atoms with E-state index in [1.54, 1.807) is 6.20 Å². The lowest BCUT2D eigenvalue weighted by molar-refractivity contribution is 0.0682. The molecule has 3 rings (SSSR count). The first-order chi connectivity index (χ1) is 11.7. The van der Waals surface area contributed by atoms with Gasteiger partial charge >= 0.3 is 5.97 Å². The van der Waals surface area contributed by atoms with Gasteiger partial charge in [0, 0.05) is 23.8 Å². The van der Waals surface area contributed by atoms with Gasteiger partial charge in [-0.3, -0.25) is 0 Å². The van der Waals surface area contributed by atoms with Crippen LogP contribution >= 0.6 is 0 Å². The number of hydrogen-bond donors (Lipinski definition) is 1. The second-order valence-electron chi connectivity index (χ2n) is 5.19. The van der Waals surface area contributed by atoms with Crippen molar-refractivity contribution in [1.82, 2.24) is 4.98 Å². The first-order valence-electron chi connectivity index (χ1n) is 7.64. The predicted octanol–water partition coefficient (Wildman–Crippen LogP) is 4.26. The molecular formula is C19H17NO4. The standard InChI is InChI=1S/C19H17NO4/c1-2-23-12-17-16-9-8-15(24-14-6-4-3-5-7-14)10-13(16)11-20-18(17)19(21)22/h3-11H,2,12H2,1H3,(H,21,22). The Morgan fingerprint density at radius 1 is 1.12 bits per heavy atom. The number of nitrogens with zero attached hydrogens (tertiary/aromatic N) is 1. The summed E-state index contributed by atoms with van der Waals surface area (Å²) in [4.78, 5) is 15.5. The molecule has 0 aliphatic rings. The van der Waals surface area contributed by atoms with E-state index in [-0.39, 0.29) is 12.3 Å². The Bertz CT molecular complexity index is 862. The molecule has 3 aromatic rings. The summed E-state index contributed by atoms with van der Waals surface area (Å²) >= 11 is 0. The average molecular weight is 323 g/mol. The Morgan fingerprint density at radius 3 is 2.62 bits per heavy atom. The molecule has 0 fully saturated rings. The van der Waals surface area contributed by atoms with Gasteiger partial charge in [-0.05, 0) is 36.6 Å². The Kier molecular flexibility index (Phi) is 4.72. The monoisotopic (exact) mass is 323 g/mol. The molecular weight excluding hydrogens is 306 g/mol. The number of hydrogen-bond acceptors (Lipinski definition) is 4. The number of pyridine rings is 1. The SMILES string of the molecule is CCOCc1c(C(=O)O)ncc2cc(Oc3ccccc3)ccc12. The number of carboxylic acids is 1. The van der Waals surface area contributed by atoms with Crippen molar-refractivity contribution in [3.8, 4) is 11.5 Å². The van der Waals surface area contributed by atoms with Crippen LogP contribution in [0.3, 0.4) is 0 Å². The van der Waals surface area contributed by atoms with Gasteiger partial charge in [-0.25, -0.2) is 9.78 Å². The number of rotatable bonds is 6. The minimum Gasteiger partial charge on any atom is -0.477 e. The predicted molar refractivity (Wildman–Crippen MR) is 90.5 cm³/mol. The van der Waals surface area contributed by atoms with E-state index in [2.05, 4.69) is 4.98 Å². The van der Waals surface area contributed by atoms with Crippen LogP contribution in [0.5, 0.6) is 11.5 Å². The quantitative estimate of drug-likeness (QED) is 0.734. The number of para-hydroxylation sites is 1. The van der Waals surface area contributed by atoms with Crippen molar-refractivity contribution in [2.45, 2.75) is 13.5 Å². The number of benzene rings is 2. The van der Waals surface area contributed by atoms with Crippen molar-refractivity contribution < 1.29 is 19.4 Å². The first kappa shape index (κ1) is 16.0. The minimum atomic E-state index is -1.06. The van der Waals surface area contributed by atoms with Gasteiger partial charge in [-0.2, -0.15) is 0 Å². The van der Waals surface area contributed by atoms with Crippen molar-refractivity contribution >= 4 is 16.7 Å². The number of carboxylic acid groups (broad SMARTS) is 1. The fraction of sp³-hybridized carbons (Fsp3) is 0.158. The zero-order valence-electron chi connectivity index (χ0n) is 13.2. The third-order valence-electron chi connectivity index (χ3n) is 3.60. The average Bonchev–Trinajstić information content (AvgIpc) is 2.60. The Labute approximate surface area is 139 Å². The summed E-state index contributed by atoms with van der Waals surface area (Å²) in [5, 5.41) is 10.9. The summed E-state index contributed by atoms with van der Waals surface area (Å²) < 4.78 is 11.2. The molecule has 122 valence electrons. The van der Waals surface area contributed by atoms with E-state index >= 15 is 0 Å². The molecule has 24 heavy (non-hydrogen) atoms. The maximum Gasteiger partial charge on any atom is 0.354 e. The largest absolute Gasteiger partial charge is 0.477 e. The minimum absolute atomic E-state index is 0.0210. The molecule has 5 nitrogen and oxygen atoms in total. The van der Waals surface area contributed by atoms with Crippen LogP contribution in [0.2, 0.25) is 0 Å². The molecule has 0 bridgehead atoms. The van der Waals surface area contributed by atoms with Crippen LogP contribution in [0.25, 0.3) is 10.8 Å². The number of fused-ring (bicyclic) bond motifs is 1. The molecule has 1 N–H and O–H groups in total. The Morgan fingerprint density at radius 2 is 1.92 bits per heavy atom. The summed E-state index contributed by atoms with van der Waals surface area (Å²) in [6.07, 6.45) is 1.55. The first-order valence-corrected chi connectivity index (χ1v) is 7.64. The molecule has 0 spiro atoms. The lowest BCUT2D eigenvalue weighted by Crippen LogP contribution is -2.08. The maximum atomic E-state index is 11.4. The highest BCUT2D eigenvalue weighted by Gasteiger charge is 2.15. The molecule has 0 saturated carbocycles. The van der Waals surface area contributed by atoms with Gasteiger partial charge in [0.1, 0.15) is 11.5 Å². The van der Waals surface area contributed by atoms with E-state index in [1.807, 2.05) is 55.5 Å². The lowest BCUT2D eigenvalue weighted by Gasteiger charge is -2.11. The van der Waals surface area contributed by atoms with Gasteiger partial charge in [-0.15, -0.1) is 0 Å². The molecule has 0 aliphatic heterocycles. The van der Waals surface area contributed by atoms with Crippen LogP contribution in [-0.2, 0) is 11.3 Å². The van der Waals surface area contributed by atoms with Gasteiger partial charge in [0.05, 0.1) is 6.61 Å². The normalized spacial score (nSPS) is 10.7. The van der Waals surface area contributed by atoms with Gasteiger partial charge < -0.3 is 14.6 Å². The van der Waals surface area contributed by atoms with Crippen LogP contribution in [0, 0.1) is 0 Å². The van der Waals surface area contributed by atoms with E-state index in [0.29, 0.717) is 17.9 Å². The molecule has 0 amide bonds. The maximum absolute atomic E-state index is 11.4. The Balaban J connectivity index is 2.01. The van der Waals surface area contributed by atoms with Crippen molar-refractivity contribution in [2.24, 2.45) is 0 Å². The van der Waals surface area contributed by atoms with E-state index in [1.165, 1.54) is 0 Å². The number of aromatic nitrogens is 1. The highest BCUT2D eigenvalue weighted by atomic mass is 16.5. The molecule has 5 heteroatoms. The van der Waals surface area contributed by atoms with Crippen molar-refractivity contribution in [1.29, 1.82) is 0 Å². The number of ether oxygens (including phenoxy) is 2. The van der Waals surface area contributed by atoms with Crippen LogP contribution in [0.4, 0.5) is 0 Å². The smallest absolute Gasteiger partial charge is 0.354 e. The van der Waals surface area contributed by atoms with E-state index in [9.17, 15) is 9.90 Å². The summed E-state index contributed by atoms with van der Waals surface area (Å²) in [6.45, 7) is 2.58. The summed E-state index contributed by atoms with van der Waals surface area (Å²) in [6, 6.07) is 15.0. The molecule has 0 atom stereocenters. The Hall–Kier alpha value is -2.92. The van der Waals surface area contributed by atoms with Crippen molar-refractivity contribution in [3.63, 3.8) is 0 Å². The van der Waals surface area contributed by atoms with E-state index in [0.717, 1.165) is 16.5 Å². The second-order valence-corrected chi connectivity index (χ2v) is 5.19. The topological polar surface area (TPSA) is 68.7 Å². The lowest BCUT2D eigenvalue weighted by atomic mass is 10.0. The summed E-state index contributed by atoms with van der Waals surface area (Å²) in [7, 11) is 0. The molecule has 0 saturated heterocycles. The van der Waals surface area contributed by atoms with Crippen LogP contribution in [-0.4, -0.2) is 22.7 Å². The third-order valence-corrected chi connectivity index (χ3v) is 3.60. The van der Waals surface area contributed by atoms with Crippen molar-refractivity contribution in [3.05, 3.63) is 66.0 Å². The molecule has 0 aliphatic carbocycles. The number of aromatic carboxylic acids is 1. The van der Waals surface area contributed by atoms with Crippen LogP contribution in [0.1, 0.15) is 23.0 Å². The molecule has 0 radical (unpaired) electrons. The van der Waals surface area contributed by atoms with Gasteiger partial charge in [0.2, 0.25) is 0 Å². The fourth-order valence-electron chi connectivity index (χ4n) is 2.48. The summed E-state index contributed by atoms with van der Waals surface area (Å²) in [5.74, 6) is 0.346. The highest BCUT2D eigenvalue weighted by Crippen LogP contribution is 2.28. The summed E-state index contributed by atoms with van der Waals surface area (Å²) in [5.41, 5.74) is 0.598. The van der Waals surface area contributed by atoms with Gasteiger partial charge in [0.15, 0.2) is 5.69 Å². The van der Waals surface area contributed by atoms with Gasteiger partial charge in [-0.1, -0.05) is 24.3 Å². The van der Waals surface area contributed by atoms with E-state index in [4.69, 9.17) is 9.47 Å². The second kappa shape index (κ2) is 7.10.